The maximum atomic E-state index is 10.3. The van der Waals surface area contributed by atoms with Crippen molar-refractivity contribution in [2.75, 3.05) is 12.3 Å². The van der Waals surface area contributed by atoms with E-state index in [1.165, 1.54) is 25.6 Å². The van der Waals surface area contributed by atoms with Crippen LogP contribution in [0.5, 0.6) is 0 Å². The molecule has 1 saturated carbocycles. The topological polar surface area (TPSA) is 140 Å². The summed E-state index contributed by atoms with van der Waals surface area (Å²) in [7, 11) is 0. The van der Waals surface area contributed by atoms with Crippen LogP contribution in [0.2, 0.25) is 0 Å². The number of thioether (sulfide) groups is 1. The van der Waals surface area contributed by atoms with Gasteiger partial charge in [-0.05, 0) is 12.8 Å². The Morgan fingerprint density at radius 2 is 1.96 bits per heavy atom. The summed E-state index contributed by atoms with van der Waals surface area (Å²) in [6, 6.07) is 0. The minimum absolute atomic E-state index is 0.277. The minimum atomic E-state index is -1.20. The van der Waals surface area contributed by atoms with Crippen LogP contribution in [0.3, 0.4) is 0 Å². The monoisotopic (exact) mass is 381 g/mol. The van der Waals surface area contributed by atoms with E-state index in [0.717, 1.165) is 12.8 Å². The van der Waals surface area contributed by atoms with E-state index in [1.54, 1.807) is 16.3 Å². The molecule has 1 aliphatic carbocycles. The van der Waals surface area contributed by atoms with E-state index < -0.39 is 24.5 Å². The van der Waals surface area contributed by atoms with Crippen molar-refractivity contribution in [3.8, 4) is 0 Å². The van der Waals surface area contributed by atoms with E-state index in [-0.39, 0.29) is 12.4 Å². The average molecular weight is 381 g/mol. The Morgan fingerprint density at radius 3 is 2.65 bits per heavy atom. The highest BCUT2D eigenvalue weighted by atomic mass is 32.2. The molecule has 26 heavy (non-hydrogen) atoms. The van der Waals surface area contributed by atoms with Crippen LogP contribution in [0.1, 0.15) is 38.3 Å². The molecule has 1 saturated heterocycles. The number of nitrogen functional groups attached to an aromatic ring is 1. The first-order chi connectivity index (χ1) is 12.6. The molecule has 0 spiro atoms. The van der Waals surface area contributed by atoms with Gasteiger partial charge in [-0.25, -0.2) is 15.0 Å². The van der Waals surface area contributed by atoms with Crippen LogP contribution in [0.25, 0.3) is 11.2 Å². The van der Waals surface area contributed by atoms with Gasteiger partial charge in [0.15, 0.2) is 22.8 Å². The number of nitrogens with zero attached hydrogens (tertiary/aromatic N) is 4. The van der Waals surface area contributed by atoms with Gasteiger partial charge < -0.3 is 25.8 Å². The maximum absolute atomic E-state index is 10.3. The van der Waals surface area contributed by atoms with Gasteiger partial charge in [-0.2, -0.15) is 0 Å². The third kappa shape index (κ3) is 3.16. The normalized spacial score (nSPS) is 30.3. The molecule has 5 N–H and O–H groups in total. The van der Waals surface area contributed by atoms with E-state index in [0.29, 0.717) is 21.6 Å². The molecule has 3 heterocycles. The van der Waals surface area contributed by atoms with Gasteiger partial charge in [0, 0.05) is 5.25 Å². The molecule has 0 amide bonds. The minimum Gasteiger partial charge on any atom is -0.394 e. The lowest BCUT2D eigenvalue weighted by molar-refractivity contribution is -0.0511. The first-order valence-corrected chi connectivity index (χ1v) is 9.75. The van der Waals surface area contributed by atoms with Crippen LogP contribution in [0.15, 0.2) is 11.5 Å². The third-order valence-corrected chi connectivity index (χ3v) is 6.24. The Bertz CT molecular complexity index is 781. The molecule has 1 aliphatic heterocycles. The first kappa shape index (κ1) is 17.9. The van der Waals surface area contributed by atoms with E-state index >= 15 is 0 Å². The molecule has 4 rings (SSSR count). The Labute approximate surface area is 154 Å². The number of hydrogen-bond donors (Lipinski definition) is 4. The Morgan fingerprint density at radius 1 is 1.19 bits per heavy atom. The molecule has 2 aromatic heterocycles. The molecule has 0 unspecified atom stereocenters. The zero-order chi connectivity index (χ0) is 18.3. The predicted molar refractivity (Wildman–Crippen MR) is 95.5 cm³/mol. The lowest BCUT2D eigenvalue weighted by Crippen LogP contribution is -2.33. The van der Waals surface area contributed by atoms with Gasteiger partial charge in [0.25, 0.3) is 0 Å². The second kappa shape index (κ2) is 7.28. The molecule has 2 aromatic rings. The third-order valence-electron chi connectivity index (χ3n) is 5.04. The van der Waals surface area contributed by atoms with Gasteiger partial charge in [-0.3, -0.25) is 4.57 Å². The number of aromatic nitrogens is 4. The van der Waals surface area contributed by atoms with Crippen LogP contribution in [0, 0.1) is 0 Å². The second-order valence-corrected chi connectivity index (χ2v) is 8.09. The molecular formula is C16H23N5O4S. The molecule has 2 aliphatic rings. The highest BCUT2D eigenvalue weighted by Gasteiger charge is 2.44. The predicted octanol–water partition coefficient (Wildman–Crippen LogP) is 0.445. The number of ether oxygens (including phenoxy) is 1. The van der Waals surface area contributed by atoms with E-state index in [2.05, 4.69) is 15.0 Å². The SMILES string of the molecule is Nc1nc(SC2CCCCC2)nc2c1ncn2[C@@H]1O[C@H](CO)[C@@H](O)[C@H]1O. The number of fused-ring (bicyclic) bond motifs is 1. The summed E-state index contributed by atoms with van der Waals surface area (Å²) >= 11 is 1.62. The van der Waals surface area contributed by atoms with Crippen molar-refractivity contribution in [1.29, 1.82) is 0 Å². The van der Waals surface area contributed by atoms with Crippen molar-refractivity contribution in [2.24, 2.45) is 0 Å². The molecule has 0 bridgehead atoms. The van der Waals surface area contributed by atoms with Gasteiger partial charge in [0.2, 0.25) is 0 Å². The summed E-state index contributed by atoms with van der Waals surface area (Å²) in [5.41, 5.74) is 6.93. The van der Waals surface area contributed by atoms with Crippen molar-refractivity contribution in [3.63, 3.8) is 0 Å². The van der Waals surface area contributed by atoms with Crippen molar-refractivity contribution in [2.45, 2.75) is 67.1 Å². The highest BCUT2D eigenvalue weighted by molar-refractivity contribution is 7.99. The molecule has 9 nitrogen and oxygen atoms in total. The largest absolute Gasteiger partial charge is 0.394 e. The van der Waals surface area contributed by atoms with Crippen LogP contribution in [0.4, 0.5) is 5.82 Å². The number of rotatable bonds is 4. The number of aliphatic hydroxyl groups excluding tert-OH is 3. The van der Waals surface area contributed by atoms with Gasteiger partial charge in [0.05, 0.1) is 12.9 Å². The van der Waals surface area contributed by atoms with Gasteiger partial charge in [-0.15, -0.1) is 0 Å². The summed E-state index contributed by atoms with van der Waals surface area (Å²) in [5.74, 6) is 0.277. The smallest absolute Gasteiger partial charge is 0.191 e. The summed E-state index contributed by atoms with van der Waals surface area (Å²) in [6.07, 6.45) is 3.32. The Hall–Kier alpha value is -1.46. The fraction of sp³-hybridized carbons (Fsp3) is 0.688. The molecule has 0 radical (unpaired) electrons. The number of imidazole rings is 1. The number of nitrogens with two attached hydrogens (primary N) is 1. The zero-order valence-electron chi connectivity index (χ0n) is 14.2. The number of anilines is 1. The van der Waals surface area contributed by atoms with Gasteiger partial charge in [-0.1, -0.05) is 31.0 Å². The van der Waals surface area contributed by atoms with Crippen LogP contribution in [-0.2, 0) is 4.74 Å². The molecule has 10 heteroatoms. The molecule has 2 fully saturated rings. The fourth-order valence-electron chi connectivity index (χ4n) is 3.60. The van der Waals surface area contributed by atoms with Crippen molar-refractivity contribution in [1.82, 2.24) is 19.5 Å². The van der Waals surface area contributed by atoms with E-state index in [4.69, 9.17) is 10.5 Å². The molecule has 0 aromatic carbocycles. The lowest BCUT2D eigenvalue weighted by Gasteiger charge is -2.20. The second-order valence-electron chi connectivity index (χ2n) is 6.82. The van der Waals surface area contributed by atoms with Crippen molar-refractivity contribution < 1.29 is 20.1 Å². The number of aliphatic hydroxyl groups is 3. The van der Waals surface area contributed by atoms with E-state index in [1.807, 2.05) is 0 Å². The quantitative estimate of drug-likeness (QED) is 0.556. The average Bonchev–Trinajstić information content (AvgIpc) is 3.18. The molecule has 4 atom stereocenters. The van der Waals surface area contributed by atoms with Gasteiger partial charge >= 0.3 is 0 Å². The fourth-order valence-corrected chi connectivity index (χ4v) is 4.76. The van der Waals surface area contributed by atoms with Crippen LogP contribution in [-0.4, -0.2) is 65.0 Å². The van der Waals surface area contributed by atoms with Crippen molar-refractivity contribution >= 4 is 28.7 Å². The Balaban J connectivity index is 1.66. The van der Waals surface area contributed by atoms with Crippen LogP contribution < -0.4 is 5.73 Å². The van der Waals surface area contributed by atoms with E-state index in [9.17, 15) is 15.3 Å². The standard InChI is InChI=1S/C16H23N5O4S/c17-13-10-14(20-16(19-13)26-8-4-2-1-3-5-8)21(7-18-10)15-12(24)11(23)9(6-22)25-15/h7-9,11-12,15,22-24H,1-6H2,(H2,17,19,20)/t9-,11-,12-,15-/m1/s1. The number of hydrogen-bond acceptors (Lipinski definition) is 9. The summed E-state index contributed by atoms with van der Waals surface area (Å²) in [6.45, 7) is -0.388. The molecular weight excluding hydrogens is 358 g/mol. The molecule has 142 valence electrons. The van der Waals surface area contributed by atoms with Crippen LogP contribution >= 0.6 is 11.8 Å². The summed E-state index contributed by atoms with van der Waals surface area (Å²) in [4.78, 5) is 13.2. The Kier molecular flexibility index (Phi) is 5.02. The van der Waals surface area contributed by atoms with Gasteiger partial charge in [0.1, 0.15) is 23.8 Å². The van der Waals surface area contributed by atoms with Crippen molar-refractivity contribution in [3.05, 3.63) is 6.33 Å². The summed E-state index contributed by atoms with van der Waals surface area (Å²) < 4.78 is 7.13. The summed E-state index contributed by atoms with van der Waals surface area (Å²) in [5, 5.41) is 30.6. The first-order valence-electron chi connectivity index (χ1n) is 8.87. The zero-order valence-corrected chi connectivity index (χ0v) is 15.0. The lowest BCUT2D eigenvalue weighted by atomic mass is 10.0. The maximum Gasteiger partial charge on any atom is 0.191 e. The highest BCUT2D eigenvalue weighted by Crippen LogP contribution is 2.35.